The van der Waals surface area contributed by atoms with Crippen molar-refractivity contribution in [1.29, 1.82) is 0 Å². The molecule has 0 atom stereocenters. The Kier molecular flexibility index (Phi) is 12.2. The number of rotatable bonds is 16. The normalized spacial score (nSPS) is 10.7. The molecule has 0 aliphatic carbocycles. The Hall–Kier alpha value is -1.91. The Labute approximate surface area is 170 Å². The summed E-state index contributed by atoms with van der Waals surface area (Å²) in [5.41, 5.74) is 0.173. The molecule has 1 N–H and O–H groups in total. The number of aromatic hydroxyl groups is 1. The van der Waals surface area contributed by atoms with E-state index < -0.39 is 0 Å². The number of hydrogen-bond acceptors (Lipinski definition) is 5. The molecule has 1 rings (SSSR count). The van der Waals surface area contributed by atoms with Crippen molar-refractivity contribution in [1.82, 2.24) is 0 Å². The standard InChI is InChI=1S/C23H38O5/c1-5-6-7-8-9-10-11-12-13-14-15-16-18(24)21-19(25)17-20(26-2)22(27-3)23(21)28-4/h17,25H,5-16H2,1-4H3. The lowest BCUT2D eigenvalue weighted by molar-refractivity contribution is 0.0972. The van der Waals surface area contributed by atoms with Crippen molar-refractivity contribution in [3.63, 3.8) is 0 Å². The molecular formula is C23H38O5. The highest BCUT2D eigenvalue weighted by atomic mass is 16.5. The zero-order chi connectivity index (χ0) is 20.8. The van der Waals surface area contributed by atoms with Crippen LogP contribution in [0.3, 0.4) is 0 Å². The minimum absolute atomic E-state index is 0.133. The number of carbonyl (C=O) groups is 1. The van der Waals surface area contributed by atoms with E-state index in [0.29, 0.717) is 17.9 Å². The molecule has 160 valence electrons. The van der Waals surface area contributed by atoms with Gasteiger partial charge in [0.2, 0.25) is 5.75 Å². The molecule has 0 aliphatic rings. The van der Waals surface area contributed by atoms with Crippen LogP contribution in [0.15, 0.2) is 6.07 Å². The third-order valence-electron chi connectivity index (χ3n) is 5.10. The first-order chi connectivity index (χ1) is 13.6. The van der Waals surface area contributed by atoms with Gasteiger partial charge in [0.15, 0.2) is 17.3 Å². The lowest BCUT2D eigenvalue weighted by Crippen LogP contribution is -2.05. The molecule has 0 saturated carbocycles. The van der Waals surface area contributed by atoms with Gasteiger partial charge in [-0.3, -0.25) is 4.79 Å². The molecule has 0 bridgehead atoms. The van der Waals surface area contributed by atoms with Gasteiger partial charge >= 0.3 is 0 Å². The summed E-state index contributed by atoms with van der Waals surface area (Å²) in [6.45, 7) is 2.24. The van der Waals surface area contributed by atoms with Crippen LogP contribution in [-0.4, -0.2) is 32.2 Å². The number of benzene rings is 1. The molecule has 0 radical (unpaired) electrons. The van der Waals surface area contributed by atoms with Crippen molar-refractivity contribution in [2.24, 2.45) is 0 Å². The van der Waals surface area contributed by atoms with Gasteiger partial charge in [0.1, 0.15) is 11.3 Å². The molecule has 0 unspecified atom stereocenters. The van der Waals surface area contributed by atoms with Gasteiger partial charge < -0.3 is 19.3 Å². The van der Waals surface area contributed by atoms with Gasteiger partial charge in [0.25, 0.3) is 0 Å². The van der Waals surface area contributed by atoms with Crippen LogP contribution in [-0.2, 0) is 0 Å². The van der Waals surface area contributed by atoms with Gasteiger partial charge in [-0.25, -0.2) is 0 Å². The Morgan fingerprint density at radius 2 is 1.29 bits per heavy atom. The Balaban J connectivity index is 2.40. The summed E-state index contributed by atoms with van der Waals surface area (Å²) in [4.78, 5) is 12.6. The summed E-state index contributed by atoms with van der Waals surface area (Å²) in [6.07, 6.45) is 13.9. The summed E-state index contributed by atoms with van der Waals surface area (Å²) in [5.74, 6) is 0.620. The number of phenolic OH excluding ortho intramolecular Hbond substituents is 1. The van der Waals surface area contributed by atoms with Crippen LogP contribution in [0.4, 0.5) is 0 Å². The lowest BCUT2D eigenvalue weighted by atomic mass is 10.0. The smallest absolute Gasteiger partial charge is 0.204 e. The number of ether oxygens (including phenoxy) is 3. The second-order valence-corrected chi connectivity index (χ2v) is 7.25. The minimum Gasteiger partial charge on any atom is -0.507 e. The maximum Gasteiger partial charge on any atom is 0.204 e. The maximum atomic E-state index is 12.6. The van der Waals surface area contributed by atoms with E-state index in [4.69, 9.17) is 14.2 Å². The average Bonchev–Trinajstić information content (AvgIpc) is 2.70. The molecule has 0 fully saturated rings. The molecule has 0 amide bonds. The fraction of sp³-hybridized carbons (Fsp3) is 0.696. The molecule has 28 heavy (non-hydrogen) atoms. The van der Waals surface area contributed by atoms with Crippen LogP contribution in [0.5, 0.6) is 23.0 Å². The van der Waals surface area contributed by atoms with Crippen LogP contribution in [0.2, 0.25) is 0 Å². The first-order valence-electron chi connectivity index (χ1n) is 10.7. The molecule has 5 nitrogen and oxygen atoms in total. The molecule has 5 heteroatoms. The quantitative estimate of drug-likeness (QED) is 0.263. The highest BCUT2D eigenvalue weighted by Gasteiger charge is 2.24. The summed E-state index contributed by atoms with van der Waals surface area (Å²) < 4.78 is 15.8. The second kappa shape index (κ2) is 14.1. The minimum atomic E-state index is -0.137. The number of carbonyl (C=O) groups excluding carboxylic acids is 1. The fourth-order valence-corrected chi connectivity index (χ4v) is 3.49. The van der Waals surface area contributed by atoms with E-state index in [1.54, 1.807) is 0 Å². The topological polar surface area (TPSA) is 65.0 Å². The highest BCUT2D eigenvalue weighted by molar-refractivity contribution is 6.02. The summed E-state index contributed by atoms with van der Waals surface area (Å²) in [5, 5.41) is 10.3. The lowest BCUT2D eigenvalue weighted by Gasteiger charge is -2.16. The number of ketones is 1. The third kappa shape index (κ3) is 7.61. The highest BCUT2D eigenvalue weighted by Crippen LogP contribution is 2.45. The molecule has 1 aromatic carbocycles. The van der Waals surface area contributed by atoms with E-state index in [1.165, 1.54) is 78.8 Å². The molecule has 0 heterocycles. The number of Topliss-reactive ketones (excluding diaryl/α,β-unsaturated/α-hetero) is 1. The van der Waals surface area contributed by atoms with Crippen molar-refractivity contribution < 1.29 is 24.1 Å². The molecule has 0 spiro atoms. The van der Waals surface area contributed by atoms with E-state index in [2.05, 4.69) is 6.92 Å². The van der Waals surface area contributed by atoms with Gasteiger partial charge in [-0.05, 0) is 6.42 Å². The van der Waals surface area contributed by atoms with Crippen molar-refractivity contribution >= 4 is 5.78 Å². The number of hydrogen-bond donors (Lipinski definition) is 1. The summed E-state index contributed by atoms with van der Waals surface area (Å²) in [6, 6.07) is 1.40. The number of phenols is 1. The summed E-state index contributed by atoms with van der Waals surface area (Å²) in [7, 11) is 4.41. The zero-order valence-electron chi connectivity index (χ0n) is 18.1. The first-order valence-corrected chi connectivity index (χ1v) is 10.7. The van der Waals surface area contributed by atoms with E-state index in [1.807, 2.05) is 0 Å². The Morgan fingerprint density at radius 1 is 0.786 bits per heavy atom. The molecular weight excluding hydrogens is 356 g/mol. The molecule has 0 aliphatic heterocycles. The van der Waals surface area contributed by atoms with Crippen molar-refractivity contribution in [2.75, 3.05) is 21.3 Å². The zero-order valence-corrected chi connectivity index (χ0v) is 18.1. The van der Waals surface area contributed by atoms with Crippen LogP contribution in [0.25, 0.3) is 0 Å². The van der Waals surface area contributed by atoms with E-state index >= 15 is 0 Å². The van der Waals surface area contributed by atoms with Crippen LogP contribution in [0.1, 0.15) is 94.3 Å². The predicted molar refractivity (Wildman–Crippen MR) is 113 cm³/mol. The van der Waals surface area contributed by atoms with E-state index in [0.717, 1.165) is 19.3 Å². The maximum absolute atomic E-state index is 12.6. The van der Waals surface area contributed by atoms with Gasteiger partial charge in [-0.15, -0.1) is 0 Å². The molecule has 1 aromatic rings. The second-order valence-electron chi connectivity index (χ2n) is 7.25. The molecule has 0 saturated heterocycles. The first kappa shape index (κ1) is 24.1. The third-order valence-corrected chi connectivity index (χ3v) is 5.10. The average molecular weight is 395 g/mol. The van der Waals surface area contributed by atoms with Crippen LogP contribution >= 0.6 is 0 Å². The van der Waals surface area contributed by atoms with Crippen molar-refractivity contribution in [3.8, 4) is 23.0 Å². The predicted octanol–water partition coefficient (Wildman–Crippen LogP) is 6.30. The molecule has 0 aromatic heterocycles. The van der Waals surface area contributed by atoms with E-state index in [9.17, 15) is 9.90 Å². The Bertz CT molecular complexity index is 583. The largest absolute Gasteiger partial charge is 0.507 e. The van der Waals surface area contributed by atoms with E-state index in [-0.39, 0.29) is 22.8 Å². The Morgan fingerprint density at radius 3 is 1.75 bits per heavy atom. The monoisotopic (exact) mass is 394 g/mol. The van der Waals surface area contributed by atoms with Crippen molar-refractivity contribution in [3.05, 3.63) is 11.6 Å². The SMILES string of the molecule is CCCCCCCCCCCCCC(=O)c1c(O)cc(OC)c(OC)c1OC. The van der Waals surface area contributed by atoms with Gasteiger partial charge in [0.05, 0.1) is 21.3 Å². The van der Waals surface area contributed by atoms with Crippen LogP contribution in [0, 0.1) is 0 Å². The number of methoxy groups -OCH3 is 3. The van der Waals surface area contributed by atoms with Gasteiger partial charge in [-0.1, -0.05) is 71.1 Å². The van der Waals surface area contributed by atoms with Gasteiger partial charge in [0, 0.05) is 12.5 Å². The fourth-order valence-electron chi connectivity index (χ4n) is 3.49. The number of unbranched alkanes of at least 4 members (excludes halogenated alkanes) is 10. The van der Waals surface area contributed by atoms with Crippen molar-refractivity contribution in [2.45, 2.75) is 84.0 Å². The van der Waals surface area contributed by atoms with Crippen LogP contribution < -0.4 is 14.2 Å². The van der Waals surface area contributed by atoms with Gasteiger partial charge in [-0.2, -0.15) is 0 Å². The summed E-state index contributed by atoms with van der Waals surface area (Å²) >= 11 is 0.